The Hall–Kier alpha value is -3.73. The minimum atomic E-state index is -1.02. The minimum Gasteiger partial charge on any atom is -0.380 e. The number of ether oxygens (including phenoxy) is 1. The first-order chi connectivity index (χ1) is 18.3. The summed E-state index contributed by atoms with van der Waals surface area (Å²) in [5.74, 6) is 0.279. The minimum absolute atomic E-state index is 0.250. The molecule has 11 heteroatoms. The Kier molecular flexibility index (Phi) is 6.17. The molecule has 0 atom stereocenters. The van der Waals surface area contributed by atoms with Crippen LogP contribution in [0.5, 0.6) is 0 Å². The molecule has 1 aliphatic carbocycles. The summed E-state index contributed by atoms with van der Waals surface area (Å²) in [6.45, 7) is 6.47. The number of halogens is 1. The fraction of sp³-hybridized carbons (Fsp3) is 0.333. The lowest BCUT2D eigenvalue weighted by molar-refractivity contribution is -0.184. The van der Waals surface area contributed by atoms with E-state index in [2.05, 4.69) is 34.4 Å². The number of aliphatic hydroxyl groups is 1. The second kappa shape index (κ2) is 9.54. The van der Waals surface area contributed by atoms with Gasteiger partial charge in [0.15, 0.2) is 0 Å². The summed E-state index contributed by atoms with van der Waals surface area (Å²) in [5, 5.41) is 20.2. The zero-order valence-electron chi connectivity index (χ0n) is 21.0. The van der Waals surface area contributed by atoms with Crippen molar-refractivity contribution in [1.29, 1.82) is 0 Å². The zero-order valence-corrected chi connectivity index (χ0v) is 21.7. The maximum Gasteiger partial charge on any atom is 0.248 e. The van der Waals surface area contributed by atoms with Crippen LogP contribution in [0.3, 0.4) is 0 Å². The molecule has 5 heterocycles. The Morgan fingerprint density at radius 1 is 1.37 bits per heavy atom. The second-order valence-corrected chi connectivity index (χ2v) is 10.4. The van der Waals surface area contributed by atoms with Crippen LogP contribution in [0.25, 0.3) is 11.2 Å². The van der Waals surface area contributed by atoms with Gasteiger partial charge in [-0.25, -0.2) is 9.97 Å². The standard InChI is InChI=1S/C27H28ClN7O3/c1-17(26(36)30-9-23-24-8-20(28)5-6-33(24)16-31-23)10-35(29-2)13-21-12-34-11-19(18-3-4-18)7-22(25(34)32-21)27(37)14-38-15-27/h5-8,10-12,16,18,37H,2-4,9,13-15H2,1H3,(H,30,36)/b17-10+. The summed E-state index contributed by atoms with van der Waals surface area (Å²) in [6, 6.07) is 5.66. The molecule has 38 heavy (non-hydrogen) atoms. The van der Waals surface area contributed by atoms with Crippen LogP contribution < -0.4 is 5.32 Å². The quantitative estimate of drug-likeness (QED) is 0.194. The summed E-state index contributed by atoms with van der Waals surface area (Å²) in [4.78, 5) is 22.0. The molecule has 2 N–H and O–H groups in total. The van der Waals surface area contributed by atoms with E-state index in [0.717, 1.165) is 35.3 Å². The predicted octanol–water partition coefficient (Wildman–Crippen LogP) is 3.37. The van der Waals surface area contributed by atoms with Crippen molar-refractivity contribution < 1.29 is 14.6 Å². The molecular weight excluding hydrogens is 506 g/mol. The number of hydrogen-bond donors (Lipinski definition) is 2. The number of carbonyl (C=O) groups is 1. The number of rotatable bonds is 9. The molecule has 10 nitrogen and oxygen atoms in total. The Bertz CT molecular complexity index is 1580. The van der Waals surface area contributed by atoms with Gasteiger partial charge in [0.1, 0.15) is 11.2 Å². The molecule has 0 bridgehead atoms. The third-order valence-electron chi connectivity index (χ3n) is 7.06. The lowest BCUT2D eigenvalue weighted by Crippen LogP contribution is -2.46. The maximum atomic E-state index is 12.8. The van der Waals surface area contributed by atoms with E-state index in [1.807, 2.05) is 27.3 Å². The van der Waals surface area contributed by atoms with E-state index in [1.165, 1.54) is 5.56 Å². The molecule has 2 aliphatic rings. The van der Waals surface area contributed by atoms with Crippen LogP contribution >= 0.6 is 11.6 Å². The van der Waals surface area contributed by atoms with Gasteiger partial charge in [0.05, 0.1) is 49.5 Å². The van der Waals surface area contributed by atoms with Crippen molar-refractivity contribution in [3.63, 3.8) is 0 Å². The zero-order chi connectivity index (χ0) is 26.4. The van der Waals surface area contributed by atoms with Crippen molar-refractivity contribution in [3.8, 4) is 0 Å². The third-order valence-corrected chi connectivity index (χ3v) is 7.29. The smallest absolute Gasteiger partial charge is 0.248 e. The van der Waals surface area contributed by atoms with Gasteiger partial charge in [-0.2, -0.15) is 5.10 Å². The third kappa shape index (κ3) is 4.66. The molecule has 1 saturated heterocycles. The van der Waals surface area contributed by atoms with Crippen molar-refractivity contribution >= 4 is 35.4 Å². The molecule has 1 aliphatic heterocycles. The lowest BCUT2D eigenvalue weighted by atomic mass is 9.91. The highest BCUT2D eigenvalue weighted by molar-refractivity contribution is 6.30. The van der Waals surface area contributed by atoms with E-state index in [4.69, 9.17) is 21.3 Å². The molecule has 0 unspecified atom stereocenters. The Balaban J connectivity index is 1.18. The van der Waals surface area contributed by atoms with Gasteiger partial charge in [0, 0.05) is 47.7 Å². The van der Waals surface area contributed by atoms with Gasteiger partial charge in [-0.05, 0) is 49.4 Å². The van der Waals surface area contributed by atoms with Crippen LogP contribution in [-0.2, 0) is 28.2 Å². The topological polar surface area (TPSA) is 109 Å². The first-order valence-corrected chi connectivity index (χ1v) is 12.8. The first-order valence-electron chi connectivity index (χ1n) is 12.5. The Morgan fingerprint density at radius 3 is 2.89 bits per heavy atom. The van der Waals surface area contributed by atoms with Gasteiger partial charge in [0.25, 0.3) is 0 Å². The average Bonchev–Trinajstić information content (AvgIpc) is 3.55. The SMILES string of the molecule is C=NN(/C=C(\C)C(=O)NCc1ncn2ccc(Cl)cc12)Cc1cn2cc(C3CC3)cc(C3(O)COC3)c2n1. The van der Waals surface area contributed by atoms with E-state index in [9.17, 15) is 9.90 Å². The number of fused-ring (bicyclic) bond motifs is 2. The molecule has 0 radical (unpaired) electrons. The van der Waals surface area contributed by atoms with Gasteiger partial charge < -0.3 is 24.0 Å². The molecule has 0 spiro atoms. The van der Waals surface area contributed by atoms with Crippen LogP contribution in [0.4, 0.5) is 0 Å². The van der Waals surface area contributed by atoms with Gasteiger partial charge in [0.2, 0.25) is 5.91 Å². The van der Waals surface area contributed by atoms with Crippen molar-refractivity contribution in [2.24, 2.45) is 5.10 Å². The monoisotopic (exact) mass is 533 g/mol. The molecule has 1 amide bonds. The molecule has 4 aromatic heterocycles. The van der Waals surface area contributed by atoms with E-state index in [1.54, 1.807) is 30.5 Å². The number of imidazole rings is 2. The largest absolute Gasteiger partial charge is 0.380 e. The van der Waals surface area contributed by atoms with Gasteiger partial charge in [-0.1, -0.05) is 11.6 Å². The van der Waals surface area contributed by atoms with Crippen LogP contribution in [0.2, 0.25) is 5.02 Å². The number of nitrogens with one attached hydrogen (secondary N) is 1. The fourth-order valence-corrected chi connectivity index (χ4v) is 4.88. The highest BCUT2D eigenvalue weighted by Gasteiger charge is 2.41. The summed E-state index contributed by atoms with van der Waals surface area (Å²) in [7, 11) is 0. The molecule has 0 aromatic carbocycles. The van der Waals surface area contributed by atoms with Crippen molar-refractivity contribution in [2.45, 2.75) is 44.4 Å². The van der Waals surface area contributed by atoms with Crippen molar-refractivity contribution in [1.82, 2.24) is 29.1 Å². The first kappa shape index (κ1) is 24.6. The molecular formula is C27H28ClN7O3. The molecule has 1 saturated carbocycles. The van der Waals surface area contributed by atoms with Gasteiger partial charge in [-0.15, -0.1) is 0 Å². The Labute approximate surface area is 224 Å². The number of hydrogen-bond acceptors (Lipinski definition) is 7. The van der Waals surface area contributed by atoms with E-state index in [0.29, 0.717) is 28.7 Å². The fourth-order valence-electron chi connectivity index (χ4n) is 4.72. The number of carbonyl (C=O) groups excluding carboxylic acids is 1. The summed E-state index contributed by atoms with van der Waals surface area (Å²) < 4.78 is 9.13. The Morgan fingerprint density at radius 2 is 2.18 bits per heavy atom. The number of aromatic nitrogens is 4. The number of hydrazone groups is 1. The lowest BCUT2D eigenvalue weighted by Gasteiger charge is -2.37. The van der Waals surface area contributed by atoms with Crippen LogP contribution in [0.1, 0.15) is 48.2 Å². The second-order valence-electron chi connectivity index (χ2n) is 10.0. The highest BCUT2D eigenvalue weighted by Crippen LogP contribution is 2.42. The molecule has 196 valence electrons. The highest BCUT2D eigenvalue weighted by atomic mass is 35.5. The van der Waals surface area contributed by atoms with Crippen molar-refractivity contribution in [2.75, 3.05) is 13.2 Å². The maximum absolute atomic E-state index is 12.8. The summed E-state index contributed by atoms with van der Waals surface area (Å²) in [5.41, 5.74) is 4.42. The normalized spacial score (nSPS) is 17.0. The molecule has 6 rings (SSSR count). The molecule has 2 fully saturated rings. The van der Waals surface area contributed by atoms with E-state index >= 15 is 0 Å². The number of nitrogens with zero attached hydrogens (tertiary/aromatic N) is 6. The number of amides is 1. The van der Waals surface area contributed by atoms with Crippen LogP contribution in [0, 0.1) is 0 Å². The molecule has 4 aromatic rings. The van der Waals surface area contributed by atoms with E-state index in [-0.39, 0.29) is 25.7 Å². The van der Waals surface area contributed by atoms with Crippen molar-refractivity contribution in [3.05, 3.63) is 82.4 Å². The van der Waals surface area contributed by atoms with E-state index < -0.39 is 5.60 Å². The predicted molar refractivity (Wildman–Crippen MR) is 143 cm³/mol. The average molecular weight is 534 g/mol. The summed E-state index contributed by atoms with van der Waals surface area (Å²) in [6.07, 6.45) is 11.5. The van der Waals surface area contributed by atoms with Crippen LogP contribution in [0.15, 0.2) is 60.0 Å². The van der Waals surface area contributed by atoms with Gasteiger partial charge in [-0.3, -0.25) is 9.80 Å². The summed E-state index contributed by atoms with van der Waals surface area (Å²) >= 11 is 6.11. The van der Waals surface area contributed by atoms with Gasteiger partial charge >= 0.3 is 0 Å². The number of pyridine rings is 2. The van der Waals surface area contributed by atoms with Crippen LogP contribution in [-0.4, -0.2) is 54.7 Å².